The van der Waals surface area contributed by atoms with Gasteiger partial charge in [0, 0.05) is 43.9 Å². The molecule has 4 rings (SSSR count). The molecule has 4 heterocycles. The number of hydrogen-bond donors (Lipinski definition) is 4. The Kier molecular flexibility index (Phi) is 9.60. The van der Waals surface area contributed by atoms with Gasteiger partial charge < -0.3 is 29.8 Å². The zero-order valence-corrected chi connectivity index (χ0v) is 23.8. The highest BCUT2D eigenvalue weighted by Gasteiger charge is 2.25. The summed E-state index contributed by atoms with van der Waals surface area (Å²) in [5, 5.41) is 13.9. The van der Waals surface area contributed by atoms with Crippen molar-refractivity contribution in [1.29, 1.82) is 0 Å². The summed E-state index contributed by atoms with van der Waals surface area (Å²) in [6.45, 7) is 5.51. The average Bonchev–Trinajstić information content (AvgIpc) is 3.62. The number of carbonyl (C=O) groups excluding carboxylic acids is 2. The van der Waals surface area contributed by atoms with Crippen LogP contribution in [-0.2, 0) is 15.6 Å². The highest BCUT2D eigenvalue weighted by Crippen LogP contribution is 2.35. The smallest absolute Gasteiger partial charge is 0.355 e. The van der Waals surface area contributed by atoms with Gasteiger partial charge in [-0.2, -0.15) is 5.10 Å². The van der Waals surface area contributed by atoms with Gasteiger partial charge in [0.25, 0.3) is 11.8 Å². The van der Waals surface area contributed by atoms with E-state index in [1.54, 1.807) is 18.2 Å². The molecule has 0 radical (unpaired) electrons. The van der Waals surface area contributed by atoms with Gasteiger partial charge in [0.15, 0.2) is 11.5 Å². The number of hydrogen-bond acceptors (Lipinski definition) is 9. The number of rotatable bonds is 11. The van der Waals surface area contributed by atoms with Crippen LogP contribution in [0.3, 0.4) is 0 Å². The number of nitrogens with zero attached hydrogens (tertiary/aromatic N) is 4. The van der Waals surface area contributed by atoms with E-state index in [9.17, 15) is 14.2 Å². The van der Waals surface area contributed by atoms with E-state index in [0.29, 0.717) is 21.8 Å². The molecule has 0 saturated carbocycles. The summed E-state index contributed by atoms with van der Waals surface area (Å²) >= 11 is 7.34. The number of phosphoric ester groups is 1. The molecule has 212 valence electrons. The van der Waals surface area contributed by atoms with Crippen molar-refractivity contribution in [3.63, 3.8) is 0 Å². The first-order chi connectivity index (χ1) is 18.5. The van der Waals surface area contributed by atoms with Crippen LogP contribution in [-0.4, -0.2) is 79.8 Å². The normalized spacial score (nSPS) is 15.1. The second kappa shape index (κ2) is 12.7. The predicted molar refractivity (Wildman–Crippen MR) is 144 cm³/mol. The lowest BCUT2D eigenvalue weighted by Gasteiger charge is -2.34. The van der Waals surface area contributed by atoms with Crippen LogP contribution in [0.15, 0.2) is 28.8 Å². The summed E-state index contributed by atoms with van der Waals surface area (Å²) < 4.78 is 22.6. The second-order valence-corrected chi connectivity index (χ2v) is 12.3. The maximum atomic E-state index is 13.0. The number of thiophene rings is 1. The molecule has 16 heteroatoms. The summed E-state index contributed by atoms with van der Waals surface area (Å²) in [5.74, 6) is -0.500. The third-order valence-corrected chi connectivity index (χ3v) is 7.94. The first kappa shape index (κ1) is 29.4. The molecule has 0 spiro atoms. The second-order valence-electron chi connectivity index (χ2n) is 9.32. The average molecular weight is 601 g/mol. The molecule has 3 aromatic heterocycles. The van der Waals surface area contributed by atoms with Crippen LogP contribution in [0.25, 0.3) is 10.6 Å². The first-order valence-corrected chi connectivity index (χ1v) is 15.0. The molecule has 0 aromatic carbocycles. The lowest BCUT2D eigenvalue weighted by molar-refractivity contribution is 0.0893. The molecule has 0 atom stereocenters. The summed E-state index contributed by atoms with van der Waals surface area (Å²) in [6.07, 6.45) is 1.62. The topological polar surface area (TPSA) is 172 Å². The molecule has 0 bridgehead atoms. The number of aromatic nitrogens is 3. The molecular weight excluding hydrogens is 571 g/mol. The molecule has 1 aliphatic heterocycles. The van der Waals surface area contributed by atoms with Crippen LogP contribution >= 0.6 is 30.8 Å². The molecule has 1 fully saturated rings. The van der Waals surface area contributed by atoms with Crippen molar-refractivity contribution >= 4 is 42.6 Å². The van der Waals surface area contributed by atoms with Crippen molar-refractivity contribution in [3.05, 3.63) is 45.7 Å². The van der Waals surface area contributed by atoms with Crippen LogP contribution in [0.5, 0.6) is 0 Å². The Morgan fingerprint density at radius 2 is 2.00 bits per heavy atom. The van der Waals surface area contributed by atoms with Gasteiger partial charge in [-0.05, 0) is 38.8 Å². The first-order valence-electron chi connectivity index (χ1n) is 12.3. The fourth-order valence-electron chi connectivity index (χ4n) is 4.17. The van der Waals surface area contributed by atoms with Gasteiger partial charge in [-0.1, -0.05) is 16.8 Å². The number of piperidine rings is 1. The molecular formula is C23H30ClN6O7PS. The van der Waals surface area contributed by atoms with Crippen molar-refractivity contribution < 1.29 is 33.0 Å². The molecule has 1 aliphatic rings. The van der Waals surface area contributed by atoms with Crippen molar-refractivity contribution in [2.45, 2.75) is 45.3 Å². The van der Waals surface area contributed by atoms with Gasteiger partial charge in [-0.3, -0.25) is 18.8 Å². The standard InChI is InChI=1S/C23H30ClN6O7PS/c1-14(2)29-8-5-15(6-9-29)26-22(31)17-12-18(23(32)25-7-10-36-38(33,34)35)30(27-17)13-16-11-19(37-28-16)20-3-4-21(24)39-20/h3-4,11-12,14-15H,5-10,13H2,1-2H3,(H,25,32)(H,26,31)(H2,33,34,35). The fourth-order valence-corrected chi connectivity index (χ4v) is 5.49. The molecule has 39 heavy (non-hydrogen) atoms. The van der Waals surface area contributed by atoms with Crippen LogP contribution in [0, 0.1) is 0 Å². The number of likely N-dealkylation sites (tertiary alicyclic amines) is 1. The minimum atomic E-state index is -4.66. The van der Waals surface area contributed by atoms with Gasteiger partial charge in [-0.15, -0.1) is 11.3 Å². The van der Waals surface area contributed by atoms with Crippen molar-refractivity contribution in [3.8, 4) is 10.6 Å². The van der Waals surface area contributed by atoms with E-state index in [1.165, 1.54) is 22.1 Å². The maximum absolute atomic E-state index is 13.0. The molecule has 2 amide bonds. The molecule has 13 nitrogen and oxygen atoms in total. The maximum Gasteiger partial charge on any atom is 0.469 e. The Balaban J connectivity index is 1.48. The Labute approximate surface area is 233 Å². The number of halogens is 1. The SMILES string of the molecule is CC(C)N1CCC(NC(=O)c2cc(C(=O)NCCOP(=O)(O)O)n(Cc3cc(-c4ccc(Cl)s4)on3)n2)CC1. The van der Waals surface area contributed by atoms with Gasteiger partial charge in [-0.25, -0.2) is 4.57 Å². The molecule has 0 aliphatic carbocycles. The van der Waals surface area contributed by atoms with Crippen LogP contribution in [0.2, 0.25) is 4.34 Å². The van der Waals surface area contributed by atoms with E-state index in [0.717, 1.165) is 30.8 Å². The van der Waals surface area contributed by atoms with E-state index in [4.69, 9.17) is 25.9 Å². The fraction of sp³-hybridized carbons (Fsp3) is 0.478. The van der Waals surface area contributed by atoms with Gasteiger partial charge in [0.2, 0.25) is 0 Å². The van der Waals surface area contributed by atoms with Gasteiger partial charge >= 0.3 is 7.82 Å². The molecule has 3 aromatic rings. The van der Waals surface area contributed by atoms with Crippen LogP contribution in [0.1, 0.15) is 53.4 Å². The summed E-state index contributed by atoms with van der Waals surface area (Å²) in [6, 6.07) is 7.06. The molecule has 0 unspecified atom stereocenters. The Morgan fingerprint density at radius 1 is 1.26 bits per heavy atom. The van der Waals surface area contributed by atoms with Crippen molar-refractivity contribution in [1.82, 2.24) is 30.5 Å². The van der Waals surface area contributed by atoms with E-state index < -0.39 is 26.2 Å². The van der Waals surface area contributed by atoms with E-state index >= 15 is 0 Å². The Hall–Kier alpha value is -2.58. The zero-order chi connectivity index (χ0) is 28.2. The number of phosphoric acid groups is 1. The van der Waals surface area contributed by atoms with E-state index in [2.05, 4.69) is 44.2 Å². The zero-order valence-electron chi connectivity index (χ0n) is 21.4. The molecule has 1 saturated heterocycles. The van der Waals surface area contributed by atoms with Gasteiger partial charge in [0.1, 0.15) is 11.4 Å². The largest absolute Gasteiger partial charge is 0.469 e. The predicted octanol–water partition coefficient (Wildman–Crippen LogP) is 2.74. The quantitative estimate of drug-likeness (QED) is 0.189. The van der Waals surface area contributed by atoms with Crippen LogP contribution < -0.4 is 10.6 Å². The monoisotopic (exact) mass is 600 g/mol. The van der Waals surface area contributed by atoms with E-state index in [-0.39, 0.29) is 30.5 Å². The van der Waals surface area contributed by atoms with Crippen LogP contribution in [0.4, 0.5) is 0 Å². The highest BCUT2D eigenvalue weighted by atomic mass is 35.5. The lowest BCUT2D eigenvalue weighted by atomic mass is 10.0. The molecule has 4 N–H and O–H groups in total. The number of nitrogens with one attached hydrogen (secondary N) is 2. The summed E-state index contributed by atoms with van der Waals surface area (Å²) in [4.78, 5) is 46.8. The number of amides is 2. The van der Waals surface area contributed by atoms with Gasteiger partial charge in [0.05, 0.1) is 22.4 Å². The minimum absolute atomic E-state index is 0.00421. The highest BCUT2D eigenvalue weighted by molar-refractivity contribution is 7.46. The number of carbonyl (C=O) groups is 2. The van der Waals surface area contributed by atoms with Crippen molar-refractivity contribution in [2.75, 3.05) is 26.2 Å². The third kappa shape index (κ3) is 8.21. The minimum Gasteiger partial charge on any atom is -0.355 e. The third-order valence-electron chi connectivity index (χ3n) is 6.17. The summed E-state index contributed by atoms with van der Waals surface area (Å²) in [5.41, 5.74) is 0.589. The van der Waals surface area contributed by atoms with E-state index in [1.807, 2.05) is 0 Å². The Bertz CT molecular complexity index is 1340. The Morgan fingerprint density at radius 3 is 2.64 bits per heavy atom. The lowest BCUT2D eigenvalue weighted by Crippen LogP contribution is -2.46. The summed E-state index contributed by atoms with van der Waals surface area (Å²) in [7, 11) is -4.66. The van der Waals surface area contributed by atoms with Crippen molar-refractivity contribution in [2.24, 2.45) is 0 Å².